The summed E-state index contributed by atoms with van der Waals surface area (Å²) in [7, 11) is 1.47. The van der Waals surface area contributed by atoms with Crippen LogP contribution in [-0.4, -0.2) is 28.0 Å². The quantitative estimate of drug-likeness (QED) is 0.924. The Balaban J connectivity index is 2.59. The molecule has 19 heavy (non-hydrogen) atoms. The monoisotopic (exact) mass is 344 g/mol. The van der Waals surface area contributed by atoms with Crippen molar-refractivity contribution < 1.29 is 14.6 Å². The molecule has 5 nitrogen and oxygen atoms in total. The van der Waals surface area contributed by atoms with Gasteiger partial charge in [0.2, 0.25) is 0 Å². The lowest BCUT2D eigenvalue weighted by Crippen LogP contribution is -2.01. The van der Waals surface area contributed by atoms with E-state index in [0.717, 1.165) is 4.47 Å². The zero-order valence-corrected chi connectivity index (χ0v) is 12.3. The van der Waals surface area contributed by atoms with Crippen LogP contribution in [0.4, 0.5) is 0 Å². The second-order valence-electron chi connectivity index (χ2n) is 3.74. The van der Waals surface area contributed by atoms with Gasteiger partial charge < -0.3 is 9.84 Å². The number of hydrogen-bond donors (Lipinski definition) is 1. The second-order valence-corrected chi connectivity index (χ2v) is 5.02. The van der Waals surface area contributed by atoms with Crippen LogP contribution in [0.15, 0.2) is 28.7 Å². The zero-order chi connectivity index (χ0) is 14.0. The van der Waals surface area contributed by atoms with E-state index in [-0.39, 0.29) is 17.3 Å². The maximum Gasteiger partial charge on any atom is 0.340 e. The molecule has 1 aromatic carbocycles. The summed E-state index contributed by atoms with van der Waals surface area (Å²) in [4.78, 5) is 11.2. The van der Waals surface area contributed by atoms with Crippen LogP contribution in [0.25, 0.3) is 5.69 Å². The number of aromatic nitrogens is 2. The summed E-state index contributed by atoms with van der Waals surface area (Å²) in [5.74, 6) is -1.13. The summed E-state index contributed by atoms with van der Waals surface area (Å²) in [5.41, 5.74) is 0.924. The largest absolute Gasteiger partial charge is 0.478 e. The van der Waals surface area contributed by atoms with E-state index in [1.165, 1.54) is 11.8 Å². The number of hydrogen-bond acceptors (Lipinski definition) is 3. The highest BCUT2D eigenvalue weighted by atomic mass is 79.9. The van der Waals surface area contributed by atoms with Gasteiger partial charge in [0, 0.05) is 11.6 Å². The highest BCUT2D eigenvalue weighted by molar-refractivity contribution is 9.10. The van der Waals surface area contributed by atoms with Crippen molar-refractivity contribution in [3.8, 4) is 5.69 Å². The van der Waals surface area contributed by atoms with E-state index in [9.17, 15) is 9.90 Å². The van der Waals surface area contributed by atoms with E-state index in [2.05, 4.69) is 21.0 Å². The second kappa shape index (κ2) is 5.73. The van der Waals surface area contributed by atoms with Crippen molar-refractivity contribution in [2.75, 3.05) is 7.11 Å². The number of carbonyl (C=O) groups is 1. The first-order valence-electron chi connectivity index (χ1n) is 5.30. The number of carboxylic acid groups (broad SMARTS) is 1. The molecule has 0 unspecified atom stereocenters. The number of halogens is 2. The minimum absolute atomic E-state index is 0.0384. The van der Waals surface area contributed by atoms with E-state index in [1.54, 1.807) is 12.1 Å². The van der Waals surface area contributed by atoms with Gasteiger partial charge in [0.05, 0.1) is 12.3 Å². The van der Waals surface area contributed by atoms with Crippen molar-refractivity contribution in [1.29, 1.82) is 0 Å². The molecule has 0 fully saturated rings. The van der Waals surface area contributed by atoms with Crippen molar-refractivity contribution in [3.63, 3.8) is 0 Å². The zero-order valence-electron chi connectivity index (χ0n) is 9.93. The molecule has 0 aliphatic rings. The molecule has 7 heteroatoms. The molecule has 2 rings (SSSR count). The van der Waals surface area contributed by atoms with Crippen molar-refractivity contribution in [2.24, 2.45) is 0 Å². The summed E-state index contributed by atoms with van der Waals surface area (Å²) in [6.07, 6.45) is 0. The van der Waals surface area contributed by atoms with Crippen LogP contribution in [0.3, 0.4) is 0 Å². The topological polar surface area (TPSA) is 64.4 Å². The molecule has 0 aliphatic heterocycles. The smallest absolute Gasteiger partial charge is 0.340 e. The molecule has 0 bridgehead atoms. The standard InChI is InChI=1S/C12H10BrClN2O3/c1-19-6-9-10(12(17)18)11(14)16(15-9)8-4-2-3-7(13)5-8/h2-5H,6H2,1H3,(H,17,18). The van der Waals surface area contributed by atoms with Crippen molar-refractivity contribution in [3.05, 3.63) is 45.1 Å². The highest BCUT2D eigenvalue weighted by Crippen LogP contribution is 2.25. The summed E-state index contributed by atoms with van der Waals surface area (Å²) in [5, 5.41) is 13.4. The third-order valence-corrected chi connectivity index (χ3v) is 3.29. The Morgan fingerprint density at radius 2 is 2.32 bits per heavy atom. The molecule has 1 N–H and O–H groups in total. The van der Waals surface area contributed by atoms with Crippen molar-refractivity contribution in [1.82, 2.24) is 9.78 Å². The van der Waals surface area contributed by atoms with Crippen molar-refractivity contribution >= 4 is 33.5 Å². The molecule has 0 amide bonds. The maximum absolute atomic E-state index is 11.2. The number of ether oxygens (including phenoxy) is 1. The average Bonchev–Trinajstić information content (AvgIpc) is 2.67. The summed E-state index contributed by atoms with van der Waals surface area (Å²) >= 11 is 9.44. The van der Waals surface area contributed by atoms with Gasteiger partial charge in [0.25, 0.3) is 0 Å². The Hall–Kier alpha value is -1.37. The van der Waals surface area contributed by atoms with Crippen LogP contribution in [0.2, 0.25) is 5.15 Å². The highest BCUT2D eigenvalue weighted by Gasteiger charge is 2.22. The lowest BCUT2D eigenvalue weighted by Gasteiger charge is -2.03. The predicted octanol–water partition coefficient (Wildman–Crippen LogP) is 3.13. The molecule has 0 saturated heterocycles. The van der Waals surface area contributed by atoms with Gasteiger partial charge in [-0.25, -0.2) is 9.48 Å². The molecule has 1 aromatic heterocycles. The maximum atomic E-state index is 11.2. The fraction of sp³-hybridized carbons (Fsp3) is 0.167. The van der Waals surface area contributed by atoms with Crippen LogP contribution in [-0.2, 0) is 11.3 Å². The number of rotatable bonds is 4. The number of nitrogens with zero attached hydrogens (tertiary/aromatic N) is 2. The molecule has 0 atom stereocenters. The van der Waals surface area contributed by atoms with E-state index in [4.69, 9.17) is 16.3 Å². The summed E-state index contributed by atoms with van der Waals surface area (Å²) in [6.45, 7) is 0.0857. The number of methoxy groups -OCH3 is 1. The Labute approximate surface area is 122 Å². The van der Waals surface area contributed by atoms with Gasteiger partial charge in [-0.2, -0.15) is 5.10 Å². The number of carboxylic acids is 1. The summed E-state index contributed by atoms with van der Waals surface area (Å²) < 4.78 is 7.17. The van der Waals surface area contributed by atoms with Crippen LogP contribution < -0.4 is 0 Å². The lowest BCUT2D eigenvalue weighted by atomic mass is 10.2. The summed E-state index contributed by atoms with van der Waals surface area (Å²) in [6, 6.07) is 7.25. The number of aromatic carboxylic acids is 1. The van der Waals surface area contributed by atoms with Crippen LogP contribution in [0, 0.1) is 0 Å². The lowest BCUT2D eigenvalue weighted by molar-refractivity contribution is 0.0692. The molecule has 1 heterocycles. The first kappa shape index (κ1) is 14.0. The Kier molecular flexibility index (Phi) is 4.24. The van der Waals surface area contributed by atoms with Gasteiger partial charge in [0.1, 0.15) is 16.4 Å². The van der Waals surface area contributed by atoms with E-state index < -0.39 is 5.97 Å². The van der Waals surface area contributed by atoms with Gasteiger partial charge in [-0.1, -0.05) is 33.6 Å². The van der Waals surface area contributed by atoms with Gasteiger partial charge in [-0.05, 0) is 18.2 Å². The number of benzene rings is 1. The first-order valence-corrected chi connectivity index (χ1v) is 6.47. The molecule has 2 aromatic rings. The van der Waals surface area contributed by atoms with Crippen LogP contribution in [0.5, 0.6) is 0 Å². The molecular weight excluding hydrogens is 336 g/mol. The molecule has 0 spiro atoms. The van der Waals surface area contributed by atoms with Gasteiger partial charge in [-0.15, -0.1) is 0 Å². The van der Waals surface area contributed by atoms with Gasteiger partial charge in [0.15, 0.2) is 0 Å². The molecule has 0 aliphatic carbocycles. The SMILES string of the molecule is COCc1nn(-c2cccc(Br)c2)c(Cl)c1C(=O)O. The minimum Gasteiger partial charge on any atom is -0.478 e. The van der Waals surface area contributed by atoms with E-state index >= 15 is 0 Å². The van der Waals surface area contributed by atoms with Crippen LogP contribution in [0.1, 0.15) is 16.1 Å². The predicted molar refractivity (Wildman–Crippen MR) is 73.9 cm³/mol. The molecule has 0 radical (unpaired) electrons. The molecule has 0 saturated carbocycles. The normalized spacial score (nSPS) is 10.7. The van der Waals surface area contributed by atoms with E-state index in [0.29, 0.717) is 11.4 Å². The Morgan fingerprint density at radius 3 is 2.89 bits per heavy atom. The first-order chi connectivity index (χ1) is 9.04. The van der Waals surface area contributed by atoms with E-state index in [1.807, 2.05) is 12.1 Å². The van der Waals surface area contributed by atoms with Crippen LogP contribution >= 0.6 is 27.5 Å². The Bertz CT molecular complexity index is 627. The fourth-order valence-electron chi connectivity index (χ4n) is 1.67. The average molecular weight is 346 g/mol. The minimum atomic E-state index is -1.13. The van der Waals surface area contributed by atoms with Crippen molar-refractivity contribution in [2.45, 2.75) is 6.61 Å². The van der Waals surface area contributed by atoms with Gasteiger partial charge in [-0.3, -0.25) is 0 Å². The third kappa shape index (κ3) is 2.80. The Morgan fingerprint density at radius 1 is 1.58 bits per heavy atom. The van der Waals surface area contributed by atoms with Gasteiger partial charge >= 0.3 is 5.97 Å². The fourth-order valence-corrected chi connectivity index (χ4v) is 2.38. The molecule has 100 valence electrons. The third-order valence-electron chi connectivity index (χ3n) is 2.45. The molecular formula is C12H10BrClN2O3.